The van der Waals surface area contributed by atoms with Gasteiger partial charge in [0.2, 0.25) is 0 Å². The molecule has 0 saturated carbocycles. The fourth-order valence-electron chi connectivity index (χ4n) is 2.83. The Kier molecular flexibility index (Phi) is 4.40. The Hall–Kier alpha value is -2.44. The Morgan fingerprint density at radius 3 is 3.04 bits per heavy atom. The molecule has 1 N–H and O–H groups in total. The number of hydrogen-bond donors (Lipinski definition) is 1. The molecule has 6 nitrogen and oxygen atoms in total. The summed E-state index contributed by atoms with van der Waals surface area (Å²) in [6, 6.07) is 9.93. The number of H-pyrrole nitrogens is 1. The number of aromatic nitrogens is 3. The summed E-state index contributed by atoms with van der Waals surface area (Å²) in [4.78, 5) is 14.4. The molecule has 0 bridgehead atoms. The average Bonchev–Trinajstić information content (AvgIpc) is 3.11. The topological polar surface area (TPSA) is 63.3 Å². The number of nitrogens with zero attached hydrogens (tertiary/aromatic N) is 3. The van der Waals surface area contributed by atoms with E-state index in [0.717, 1.165) is 61.0 Å². The van der Waals surface area contributed by atoms with Crippen LogP contribution in [0.2, 0.25) is 0 Å². The molecule has 0 spiro atoms. The van der Waals surface area contributed by atoms with E-state index in [1.807, 2.05) is 36.5 Å². The highest BCUT2D eigenvalue weighted by Crippen LogP contribution is 2.23. The van der Waals surface area contributed by atoms with Crippen molar-refractivity contribution in [2.24, 2.45) is 0 Å². The van der Waals surface area contributed by atoms with Gasteiger partial charge in [0.25, 0.3) is 0 Å². The molecular weight excluding hydrogens is 304 g/mol. The van der Waals surface area contributed by atoms with Crippen molar-refractivity contribution in [3.8, 4) is 17.0 Å². The summed E-state index contributed by atoms with van der Waals surface area (Å²) in [6.45, 7) is 5.19. The van der Waals surface area contributed by atoms with Crippen LogP contribution in [0, 0.1) is 0 Å². The molecule has 1 aromatic carbocycles. The van der Waals surface area contributed by atoms with E-state index in [9.17, 15) is 0 Å². The molecule has 124 valence electrons. The molecule has 0 unspecified atom stereocenters. The zero-order chi connectivity index (χ0) is 16.2. The number of fused-ring (bicyclic) bond motifs is 1. The highest BCUT2D eigenvalue weighted by molar-refractivity contribution is 5.74. The Balaban J connectivity index is 1.42. The summed E-state index contributed by atoms with van der Waals surface area (Å²) in [6.07, 6.45) is 3.63. The zero-order valence-corrected chi connectivity index (χ0v) is 13.4. The van der Waals surface area contributed by atoms with Crippen LogP contribution in [-0.2, 0) is 4.74 Å². The van der Waals surface area contributed by atoms with Crippen LogP contribution in [-0.4, -0.2) is 59.3 Å². The number of aromatic amines is 1. The first kappa shape index (κ1) is 15.1. The predicted octanol–water partition coefficient (Wildman–Crippen LogP) is 2.34. The van der Waals surface area contributed by atoms with Crippen LogP contribution in [0.4, 0.5) is 0 Å². The molecule has 3 heterocycles. The SMILES string of the molecule is c1cc(OCCN2CCOCC2)cc(-c2cnc3[nH]ccc3n2)c1. The zero-order valence-electron chi connectivity index (χ0n) is 13.4. The van der Waals surface area contributed by atoms with E-state index in [2.05, 4.69) is 19.9 Å². The largest absolute Gasteiger partial charge is 0.492 e. The van der Waals surface area contributed by atoms with Gasteiger partial charge in [-0.2, -0.15) is 0 Å². The van der Waals surface area contributed by atoms with Crippen molar-refractivity contribution in [1.82, 2.24) is 19.9 Å². The van der Waals surface area contributed by atoms with E-state index in [1.165, 1.54) is 0 Å². The van der Waals surface area contributed by atoms with Gasteiger partial charge < -0.3 is 14.5 Å². The van der Waals surface area contributed by atoms with E-state index >= 15 is 0 Å². The van der Waals surface area contributed by atoms with Crippen LogP contribution in [0.1, 0.15) is 0 Å². The predicted molar refractivity (Wildman–Crippen MR) is 92.1 cm³/mol. The summed E-state index contributed by atoms with van der Waals surface area (Å²) in [5.41, 5.74) is 3.53. The molecule has 1 fully saturated rings. The van der Waals surface area contributed by atoms with Crippen molar-refractivity contribution < 1.29 is 9.47 Å². The van der Waals surface area contributed by atoms with Gasteiger partial charge in [-0.1, -0.05) is 12.1 Å². The summed E-state index contributed by atoms with van der Waals surface area (Å²) >= 11 is 0. The van der Waals surface area contributed by atoms with Crippen molar-refractivity contribution in [3.05, 3.63) is 42.7 Å². The van der Waals surface area contributed by atoms with Crippen LogP contribution in [0.15, 0.2) is 42.7 Å². The Labute approximate surface area is 140 Å². The van der Waals surface area contributed by atoms with E-state index < -0.39 is 0 Å². The van der Waals surface area contributed by atoms with Gasteiger partial charge in [-0.3, -0.25) is 4.90 Å². The second-order valence-corrected chi connectivity index (χ2v) is 5.80. The molecule has 0 amide bonds. The van der Waals surface area contributed by atoms with Crippen LogP contribution in [0.3, 0.4) is 0 Å². The van der Waals surface area contributed by atoms with E-state index in [-0.39, 0.29) is 0 Å². The number of ether oxygens (including phenoxy) is 2. The summed E-state index contributed by atoms with van der Waals surface area (Å²) in [5.74, 6) is 0.858. The maximum Gasteiger partial charge on any atom is 0.156 e. The minimum absolute atomic E-state index is 0.673. The molecule has 1 aliphatic rings. The van der Waals surface area contributed by atoms with E-state index in [4.69, 9.17) is 9.47 Å². The second-order valence-electron chi connectivity index (χ2n) is 5.80. The van der Waals surface area contributed by atoms with Gasteiger partial charge >= 0.3 is 0 Å². The highest BCUT2D eigenvalue weighted by atomic mass is 16.5. The molecule has 0 radical (unpaired) electrons. The summed E-state index contributed by atoms with van der Waals surface area (Å²) in [7, 11) is 0. The lowest BCUT2D eigenvalue weighted by molar-refractivity contribution is 0.0322. The fraction of sp³-hybridized carbons (Fsp3) is 0.333. The monoisotopic (exact) mass is 324 g/mol. The number of benzene rings is 1. The van der Waals surface area contributed by atoms with Crippen LogP contribution < -0.4 is 4.74 Å². The third-order valence-corrected chi connectivity index (χ3v) is 4.17. The molecule has 3 aromatic rings. The molecule has 0 atom stereocenters. The summed E-state index contributed by atoms with van der Waals surface area (Å²) in [5, 5.41) is 0. The Bertz CT molecular complexity index is 811. The van der Waals surface area contributed by atoms with Crippen LogP contribution in [0.25, 0.3) is 22.4 Å². The van der Waals surface area contributed by atoms with E-state index in [1.54, 1.807) is 6.20 Å². The van der Waals surface area contributed by atoms with Gasteiger partial charge in [-0.25, -0.2) is 9.97 Å². The molecule has 1 aliphatic heterocycles. The maximum absolute atomic E-state index is 5.91. The molecule has 2 aromatic heterocycles. The number of morpholine rings is 1. The normalized spacial score (nSPS) is 15.7. The number of nitrogens with one attached hydrogen (secondary N) is 1. The number of rotatable bonds is 5. The molecule has 1 saturated heterocycles. The maximum atomic E-state index is 5.91. The van der Waals surface area contributed by atoms with Crippen molar-refractivity contribution >= 4 is 11.2 Å². The van der Waals surface area contributed by atoms with Crippen molar-refractivity contribution in [1.29, 1.82) is 0 Å². The lowest BCUT2D eigenvalue weighted by atomic mass is 10.1. The van der Waals surface area contributed by atoms with Gasteiger partial charge in [0.15, 0.2) is 5.65 Å². The highest BCUT2D eigenvalue weighted by Gasteiger charge is 2.10. The third kappa shape index (κ3) is 3.39. The van der Waals surface area contributed by atoms with Gasteiger partial charge in [0.1, 0.15) is 17.9 Å². The first-order valence-electron chi connectivity index (χ1n) is 8.22. The molecule has 24 heavy (non-hydrogen) atoms. The van der Waals surface area contributed by atoms with Crippen LogP contribution >= 0.6 is 0 Å². The Morgan fingerprint density at radius 1 is 1.21 bits per heavy atom. The molecular formula is C18H20N4O2. The third-order valence-electron chi connectivity index (χ3n) is 4.17. The van der Waals surface area contributed by atoms with Crippen molar-refractivity contribution in [3.63, 3.8) is 0 Å². The Morgan fingerprint density at radius 2 is 2.12 bits per heavy atom. The minimum Gasteiger partial charge on any atom is -0.492 e. The smallest absolute Gasteiger partial charge is 0.156 e. The lowest BCUT2D eigenvalue weighted by Gasteiger charge is -2.26. The van der Waals surface area contributed by atoms with Gasteiger partial charge in [0.05, 0.1) is 25.1 Å². The minimum atomic E-state index is 0.673. The van der Waals surface area contributed by atoms with E-state index in [0.29, 0.717) is 6.61 Å². The van der Waals surface area contributed by atoms with Gasteiger partial charge in [-0.05, 0) is 18.2 Å². The first-order valence-corrected chi connectivity index (χ1v) is 8.22. The summed E-state index contributed by atoms with van der Waals surface area (Å²) < 4.78 is 11.3. The van der Waals surface area contributed by atoms with Crippen molar-refractivity contribution in [2.45, 2.75) is 0 Å². The van der Waals surface area contributed by atoms with Crippen molar-refractivity contribution in [2.75, 3.05) is 39.5 Å². The fourth-order valence-corrected chi connectivity index (χ4v) is 2.83. The lowest BCUT2D eigenvalue weighted by Crippen LogP contribution is -2.38. The number of hydrogen-bond acceptors (Lipinski definition) is 5. The van der Waals surface area contributed by atoms with Gasteiger partial charge in [-0.15, -0.1) is 0 Å². The molecule has 0 aliphatic carbocycles. The second kappa shape index (κ2) is 6.98. The van der Waals surface area contributed by atoms with Gasteiger partial charge in [0, 0.05) is 31.4 Å². The molecule has 6 heteroatoms. The van der Waals surface area contributed by atoms with Crippen LogP contribution in [0.5, 0.6) is 5.75 Å². The molecule has 4 rings (SSSR count). The quantitative estimate of drug-likeness (QED) is 0.780. The average molecular weight is 324 g/mol. The standard InChI is InChI=1S/C18H20N4O2/c1-2-14(17-13-20-18-16(21-17)4-5-19-18)12-15(3-1)24-11-8-22-6-9-23-10-7-22/h1-5,12-13H,6-11H2,(H,19,20). The first-order chi connectivity index (χ1) is 11.9.